The van der Waals surface area contributed by atoms with Crippen molar-refractivity contribution in [1.29, 1.82) is 0 Å². The maximum Gasteiger partial charge on any atom is 0.167 e. The van der Waals surface area contributed by atoms with Crippen LogP contribution in [0.2, 0.25) is 0 Å². The van der Waals surface area contributed by atoms with Crippen LogP contribution in [0.4, 0.5) is 8.78 Å². The van der Waals surface area contributed by atoms with Crippen molar-refractivity contribution >= 4 is 17.8 Å². The second-order valence-corrected chi connectivity index (χ2v) is 6.49. The Morgan fingerprint density at radius 2 is 1.73 bits per heavy atom. The first-order valence-corrected chi connectivity index (χ1v) is 9.32. The Balaban J connectivity index is 1.87. The first-order chi connectivity index (χ1) is 12.6. The largest absolute Gasteiger partial charge is 0.489 e. The van der Waals surface area contributed by atoms with Crippen molar-refractivity contribution in [2.45, 2.75) is 11.5 Å². The van der Waals surface area contributed by atoms with E-state index in [4.69, 9.17) is 4.74 Å². The highest BCUT2D eigenvalue weighted by Gasteiger charge is 2.17. The zero-order chi connectivity index (χ0) is 18.5. The van der Waals surface area contributed by atoms with Gasteiger partial charge in [0.15, 0.2) is 11.6 Å². The zero-order valence-electron chi connectivity index (χ0n) is 14.3. The predicted molar refractivity (Wildman–Crippen MR) is 104 cm³/mol. The summed E-state index contributed by atoms with van der Waals surface area (Å²) in [5, 5.41) is 0. The summed E-state index contributed by atoms with van der Waals surface area (Å²) in [6.07, 6.45) is 3.19. The average molecular weight is 368 g/mol. The molecule has 0 aromatic heterocycles. The highest BCUT2D eigenvalue weighted by molar-refractivity contribution is 7.98. The standard InChI is InChI=1S/C22H18F2OS/c1-3-18-21(24)20(23)13-19(22(18)26-2)16-9-11-17(12-10-16)25-14-15-7-5-4-6-8-15/h3-13H,1,14H2,2H3. The van der Waals surface area contributed by atoms with Gasteiger partial charge in [0, 0.05) is 10.5 Å². The van der Waals surface area contributed by atoms with E-state index in [1.807, 2.05) is 60.9 Å². The molecule has 0 aliphatic carbocycles. The molecular formula is C22H18F2OS. The molecule has 0 unspecified atom stereocenters. The number of benzene rings is 3. The molecule has 0 saturated carbocycles. The molecule has 132 valence electrons. The Bertz CT molecular complexity index is 906. The fourth-order valence-electron chi connectivity index (χ4n) is 2.72. The van der Waals surface area contributed by atoms with Gasteiger partial charge in [-0.2, -0.15) is 0 Å². The summed E-state index contributed by atoms with van der Waals surface area (Å²) in [4.78, 5) is 0.664. The van der Waals surface area contributed by atoms with E-state index in [-0.39, 0.29) is 5.56 Å². The average Bonchev–Trinajstić information content (AvgIpc) is 2.69. The lowest BCUT2D eigenvalue weighted by molar-refractivity contribution is 0.306. The van der Waals surface area contributed by atoms with Gasteiger partial charge in [-0.05, 0) is 41.1 Å². The number of ether oxygens (including phenoxy) is 1. The van der Waals surface area contributed by atoms with Gasteiger partial charge in [-0.1, -0.05) is 55.1 Å². The maximum absolute atomic E-state index is 14.0. The first kappa shape index (κ1) is 18.2. The molecule has 1 nitrogen and oxygen atoms in total. The van der Waals surface area contributed by atoms with Gasteiger partial charge in [-0.15, -0.1) is 11.8 Å². The molecule has 0 fully saturated rings. The van der Waals surface area contributed by atoms with Crippen LogP contribution in [0.3, 0.4) is 0 Å². The van der Waals surface area contributed by atoms with Gasteiger partial charge in [0.25, 0.3) is 0 Å². The van der Waals surface area contributed by atoms with E-state index in [9.17, 15) is 8.78 Å². The third-order valence-corrected chi connectivity index (χ3v) is 4.88. The monoisotopic (exact) mass is 368 g/mol. The van der Waals surface area contributed by atoms with Gasteiger partial charge in [0.2, 0.25) is 0 Å². The van der Waals surface area contributed by atoms with Crippen LogP contribution in [-0.2, 0) is 6.61 Å². The van der Waals surface area contributed by atoms with Gasteiger partial charge in [-0.25, -0.2) is 8.78 Å². The summed E-state index contributed by atoms with van der Waals surface area (Å²) >= 11 is 1.37. The van der Waals surface area contributed by atoms with E-state index in [2.05, 4.69) is 6.58 Å². The van der Waals surface area contributed by atoms with Crippen molar-refractivity contribution in [2.75, 3.05) is 6.26 Å². The molecule has 0 heterocycles. The summed E-state index contributed by atoms with van der Waals surface area (Å²) in [5.41, 5.74) is 2.71. The van der Waals surface area contributed by atoms with Gasteiger partial charge in [0.1, 0.15) is 12.4 Å². The molecule has 0 aliphatic heterocycles. The SMILES string of the molecule is C=Cc1c(F)c(F)cc(-c2ccc(OCc3ccccc3)cc2)c1SC. The molecule has 0 spiro atoms. The second-order valence-electron chi connectivity index (χ2n) is 5.67. The van der Waals surface area contributed by atoms with Crippen molar-refractivity contribution < 1.29 is 13.5 Å². The van der Waals surface area contributed by atoms with Gasteiger partial charge in [0.05, 0.1) is 0 Å². The molecule has 3 aromatic carbocycles. The summed E-state index contributed by atoms with van der Waals surface area (Å²) in [6.45, 7) is 4.08. The summed E-state index contributed by atoms with van der Waals surface area (Å²) in [5.74, 6) is -1.03. The second kappa shape index (κ2) is 8.19. The molecule has 0 saturated heterocycles. The summed E-state index contributed by atoms with van der Waals surface area (Å²) in [6, 6.07) is 18.5. The van der Waals surface area contributed by atoms with Crippen LogP contribution in [0.5, 0.6) is 5.75 Å². The molecule has 0 radical (unpaired) electrons. The van der Waals surface area contributed by atoms with Gasteiger partial charge in [-0.3, -0.25) is 0 Å². The van der Waals surface area contributed by atoms with Crippen LogP contribution in [0.15, 0.2) is 72.1 Å². The third-order valence-electron chi connectivity index (χ3n) is 4.03. The molecule has 3 rings (SSSR count). The Morgan fingerprint density at radius 3 is 2.35 bits per heavy atom. The zero-order valence-corrected chi connectivity index (χ0v) is 15.2. The molecule has 4 heteroatoms. The summed E-state index contributed by atoms with van der Waals surface area (Å²) in [7, 11) is 0. The Labute approximate surface area is 156 Å². The van der Waals surface area contributed by atoms with Crippen molar-refractivity contribution in [3.8, 4) is 16.9 Å². The lowest BCUT2D eigenvalue weighted by Crippen LogP contribution is -1.97. The Hall–Kier alpha value is -2.59. The fraction of sp³-hybridized carbons (Fsp3) is 0.0909. The van der Waals surface area contributed by atoms with Crippen LogP contribution in [0.1, 0.15) is 11.1 Å². The van der Waals surface area contributed by atoms with Gasteiger partial charge < -0.3 is 4.74 Å². The van der Waals surface area contributed by atoms with Gasteiger partial charge >= 0.3 is 0 Å². The lowest BCUT2D eigenvalue weighted by atomic mass is 10.0. The van der Waals surface area contributed by atoms with Crippen LogP contribution < -0.4 is 4.74 Å². The lowest BCUT2D eigenvalue weighted by Gasteiger charge is -2.13. The molecule has 0 N–H and O–H groups in total. The van der Waals surface area contributed by atoms with Crippen LogP contribution in [0, 0.1) is 11.6 Å². The van der Waals surface area contributed by atoms with Crippen LogP contribution >= 0.6 is 11.8 Å². The minimum atomic E-state index is -0.878. The summed E-state index contributed by atoms with van der Waals surface area (Å²) < 4.78 is 33.7. The number of rotatable bonds is 6. The molecule has 0 bridgehead atoms. The predicted octanol–water partition coefficient (Wildman–Crippen LogP) is 6.58. The first-order valence-electron chi connectivity index (χ1n) is 8.09. The van der Waals surface area contributed by atoms with Crippen molar-refractivity contribution in [3.63, 3.8) is 0 Å². The van der Waals surface area contributed by atoms with Crippen LogP contribution in [-0.4, -0.2) is 6.26 Å². The van der Waals surface area contributed by atoms with E-state index in [1.54, 1.807) is 0 Å². The van der Waals surface area contributed by atoms with E-state index < -0.39 is 11.6 Å². The topological polar surface area (TPSA) is 9.23 Å². The van der Waals surface area contributed by atoms with E-state index in [1.165, 1.54) is 23.9 Å². The van der Waals surface area contributed by atoms with E-state index in [0.29, 0.717) is 17.1 Å². The molecule has 0 aliphatic rings. The minimum Gasteiger partial charge on any atom is -0.489 e. The van der Waals surface area contributed by atoms with E-state index in [0.717, 1.165) is 16.9 Å². The molecule has 0 amide bonds. The number of hydrogen-bond acceptors (Lipinski definition) is 2. The smallest absolute Gasteiger partial charge is 0.167 e. The third kappa shape index (κ3) is 3.81. The van der Waals surface area contributed by atoms with Crippen LogP contribution in [0.25, 0.3) is 17.2 Å². The van der Waals surface area contributed by atoms with E-state index >= 15 is 0 Å². The molecular weight excluding hydrogens is 350 g/mol. The number of hydrogen-bond donors (Lipinski definition) is 0. The highest BCUT2D eigenvalue weighted by Crippen LogP contribution is 2.37. The normalized spacial score (nSPS) is 10.6. The fourth-order valence-corrected chi connectivity index (χ4v) is 3.51. The molecule has 0 atom stereocenters. The maximum atomic E-state index is 14.0. The quantitative estimate of drug-likeness (QED) is 0.455. The highest BCUT2D eigenvalue weighted by atomic mass is 32.2. The van der Waals surface area contributed by atoms with Crippen molar-refractivity contribution in [2.24, 2.45) is 0 Å². The Kier molecular flexibility index (Phi) is 5.74. The minimum absolute atomic E-state index is 0.192. The molecule has 3 aromatic rings. The van der Waals surface area contributed by atoms with Crippen molar-refractivity contribution in [3.05, 3.63) is 90.0 Å². The number of halogens is 2. The molecule has 26 heavy (non-hydrogen) atoms. The van der Waals surface area contributed by atoms with Crippen molar-refractivity contribution in [1.82, 2.24) is 0 Å². The number of thioether (sulfide) groups is 1. The Morgan fingerprint density at radius 1 is 1.04 bits per heavy atom.